The lowest BCUT2D eigenvalue weighted by Gasteiger charge is -2.12. The van der Waals surface area contributed by atoms with Crippen LogP contribution in [0.15, 0.2) is 51.4 Å². The second-order valence-corrected chi connectivity index (χ2v) is 10.5. The quantitative estimate of drug-likeness (QED) is 0.345. The molecule has 3 heterocycles. The largest absolute Gasteiger partial charge is 0.416 e. The Morgan fingerprint density at radius 3 is 2.50 bits per heavy atom. The molecule has 1 aromatic carbocycles. The van der Waals surface area contributed by atoms with Crippen LogP contribution in [0.5, 0.6) is 0 Å². The highest BCUT2D eigenvalue weighted by atomic mass is 32.1. The smallest absolute Gasteiger partial charge is 0.288 e. The molecule has 0 bridgehead atoms. The molecule has 3 aromatic heterocycles. The van der Waals surface area contributed by atoms with Crippen molar-refractivity contribution in [2.24, 2.45) is 13.0 Å². The van der Waals surface area contributed by atoms with Crippen molar-refractivity contribution in [3.05, 3.63) is 89.1 Å². The Labute approximate surface area is 199 Å². The maximum Gasteiger partial charge on any atom is 0.416 e. The Balaban J connectivity index is 1.79. The molecule has 0 radical (unpaired) electrons. The summed E-state index contributed by atoms with van der Waals surface area (Å²) in [5.74, 6) is -0.110. The highest BCUT2D eigenvalue weighted by Crippen LogP contribution is 2.38. The zero-order chi connectivity index (χ0) is 24.2. The van der Waals surface area contributed by atoms with Crippen LogP contribution in [0.1, 0.15) is 44.1 Å². The van der Waals surface area contributed by atoms with Gasteiger partial charge in [0.1, 0.15) is 4.83 Å². The Hall–Kier alpha value is -2.98. The topological polar surface area (TPSA) is 61.1 Å². The molecule has 0 N–H and O–H groups in total. The molecule has 0 aliphatic heterocycles. The van der Waals surface area contributed by atoms with Gasteiger partial charge in [0.15, 0.2) is 0 Å². The van der Waals surface area contributed by atoms with Crippen LogP contribution in [-0.4, -0.2) is 14.9 Å². The van der Waals surface area contributed by atoms with Crippen LogP contribution in [0.25, 0.3) is 10.2 Å². The normalized spacial score (nSPS) is 14.1. The summed E-state index contributed by atoms with van der Waals surface area (Å²) in [6.45, 7) is 0.412. The number of alkyl halides is 3. The monoisotopic (exact) mass is 504 g/mol. The third-order valence-corrected chi connectivity index (χ3v) is 8.11. The van der Waals surface area contributed by atoms with E-state index in [2.05, 4.69) is 0 Å². The number of fused-ring (bicyclic) bond motifs is 1. The second-order valence-electron chi connectivity index (χ2n) is 8.42. The van der Waals surface area contributed by atoms with E-state index in [0.29, 0.717) is 27.0 Å². The van der Waals surface area contributed by atoms with Crippen LogP contribution < -0.4 is 11.2 Å². The molecule has 34 heavy (non-hydrogen) atoms. The maximum atomic E-state index is 13.7. The van der Waals surface area contributed by atoms with E-state index in [0.717, 1.165) is 34.8 Å². The van der Waals surface area contributed by atoms with Crippen LogP contribution in [0, 0.1) is 5.92 Å². The van der Waals surface area contributed by atoms with Crippen molar-refractivity contribution in [1.29, 1.82) is 0 Å². The summed E-state index contributed by atoms with van der Waals surface area (Å²) in [5, 5.41) is 1.83. The van der Waals surface area contributed by atoms with Gasteiger partial charge in [-0.3, -0.25) is 18.7 Å². The molecule has 4 aromatic rings. The highest BCUT2D eigenvalue weighted by molar-refractivity contribution is 7.19. The minimum Gasteiger partial charge on any atom is -0.288 e. The Morgan fingerprint density at radius 1 is 1.12 bits per heavy atom. The van der Waals surface area contributed by atoms with Crippen LogP contribution in [0.2, 0.25) is 0 Å². The number of hydrogen-bond donors (Lipinski definition) is 0. The lowest BCUT2D eigenvalue weighted by atomic mass is 9.99. The third kappa shape index (κ3) is 3.94. The molecule has 0 saturated heterocycles. The van der Waals surface area contributed by atoms with Crippen LogP contribution in [0.4, 0.5) is 13.2 Å². The number of carbonyl (C=O) groups is 1. The number of hydrogen-bond acceptors (Lipinski definition) is 5. The van der Waals surface area contributed by atoms with Gasteiger partial charge in [-0.15, -0.1) is 22.7 Å². The molecule has 5 nitrogen and oxygen atoms in total. The van der Waals surface area contributed by atoms with E-state index < -0.39 is 28.8 Å². The molecule has 0 unspecified atom stereocenters. The van der Waals surface area contributed by atoms with Crippen molar-refractivity contribution in [3.8, 4) is 0 Å². The molecule has 1 saturated carbocycles. The SMILES string of the molecule is Cn1c(=O)c2c(C(=O)c3cccs3)c(Cc3ccccc3C(F)(F)F)sc2n(CC2CC2)c1=O. The van der Waals surface area contributed by atoms with E-state index in [4.69, 9.17) is 0 Å². The zero-order valence-electron chi connectivity index (χ0n) is 18.0. The number of halogens is 3. The first kappa shape index (κ1) is 22.8. The average Bonchev–Trinajstić information content (AvgIpc) is 3.30. The van der Waals surface area contributed by atoms with Crippen molar-refractivity contribution in [2.75, 3.05) is 0 Å². The van der Waals surface area contributed by atoms with E-state index in [1.807, 2.05) is 0 Å². The Kier molecular flexibility index (Phi) is 5.60. The molecule has 176 valence electrons. The van der Waals surface area contributed by atoms with Gasteiger partial charge in [0.05, 0.1) is 21.4 Å². The molecule has 0 spiro atoms. The van der Waals surface area contributed by atoms with Crippen molar-refractivity contribution in [3.63, 3.8) is 0 Å². The van der Waals surface area contributed by atoms with Gasteiger partial charge in [-0.2, -0.15) is 13.2 Å². The van der Waals surface area contributed by atoms with Crippen molar-refractivity contribution >= 4 is 38.7 Å². The van der Waals surface area contributed by atoms with Gasteiger partial charge in [0.25, 0.3) is 5.56 Å². The van der Waals surface area contributed by atoms with Gasteiger partial charge in [-0.05, 0) is 41.8 Å². The number of rotatable bonds is 6. The van der Waals surface area contributed by atoms with Crippen LogP contribution >= 0.6 is 22.7 Å². The van der Waals surface area contributed by atoms with Gasteiger partial charge in [-0.25, -0.2) is 4.79 Å². The van der Waals surface area contributed by atoms with Gasteiger partial charge in [-0.1, -0.05) is 24.3 Å². The average molecular weight is 505 g/mol. The van der Waals surface area contributed by atoms with Crippen LogP contribution in [-0.2, 0) is 26.2 Å². The lowest BCUT2D eigenvalue weighted by molar-refractivity contribution is -0.138. The molecule has 0 atom stereocenters. The maximum absolute atomic E-state index is 13.7. The third-order valence-electron chi connectivity index (χ3n) is 6.03. The summed E-state index contributed by atoms with van der Waals surface area (Å²) >= 11 is 2.26. The summed E-state index contributed by atoms with van der Waals surface area (Å²) in [6, 6.07) is 8.53. The zero-order valence-corrected chi connectivity index (χ0v) is 19.6. The standard InChI is InChI=1S/C24H19F3N2O3S2/c1-28-21(31)19-18(20(30)16-7-4-10-33-16)17(11-14-5-2-3-6-15(14)24(25,26)27)34-22(19)29(23(28)32)12-13-8-9-13/h2-7,10,13H,8-9,11-12H2,1H3. The predicted molar refractivity (Wildman–Crippen MR) is 126 cm³/mol. The minimum absolute atomic E-state index is 0.00898. The number of nitrogens with zero attached hydrogens (tertiary/aromatic N) is 2. The predicted octanol–water partition coefficient (Wildman–Crippen LogP) is 5.07. The van der Waals surface area contributed by atoms with Gasteiger partial charge in [0.2, 0.25) is 5.78 Å². The summed E-state index contributed by atoms with van der Waals surface area (Å²) < 4.78 is 43.5. The molecule has 1 aliphatic rings. The van der Waals surface area contributed by atoms with Crippen LogP contribution in [0.3, 0.4) is 0 Å². The number of ketones is 1. The molecule has 5 rings (SSSR count). The fourth-order valence-corrected chi connectivity index (χ4v) is 6.10. The first-order chi connectivity index (χ1) is 16.2. The van der Waals surface area contributed by atoms with Gasteiger partial charge in [0, 0.05) is 24.9 Å². The fraction of sp³-hybridized carbons (Fsp3) is 0.292. The van der Waals surface area contributed by atoms with E-state index in [-0.39, 0.29) is 22.9 Å². The molecule has 1 fully saturated rings. The van der Waals surface area contributed by atoms with E-state index in [9.17, 15) is 27.6 Å². The molecule has 10 heteroatoms. The summed E-state index contributed by atoms with van der Waals surface area (Å²) in [5.41, 5.74) is -1.79. The van der Waals surface area contributed by atoms with Crippen molar-refractivity contribution < 1.29 is 18.0 Å². The fourth-order valence-electron chi connectivity index (χ4n) is 4.12. The van der Waals surface area contributed by atoms with Crippen molar-refractivity contribution in [1.82, 2.24) is 9.13 Å². The van der Waals surface area contributed by atoms with E-state index >= 15 is 0 Å². The molecular formula is C24H19F3N2O3S2. The molecular weight excluding hydrogens is 485 g/mol. The Bertz CT molecular complexity index is 1520. The number of carbonyl (C=O) groups excluding carboxylic acids is 1. The summed E-state index contributed by atoms with van der Waals surface area (Å²) in [6.07, 6.45) is -2.80. The summed E-state index contributed by atoms with van der Waals surface area (Å²) in [4.78, 5) is 40.7. The number of aromatic nitrogens is 2. The van der Waals surface area contributed by atoms with E-state index in [1.54, 1.807) is 17.5 Å². The summed E-state index contributed by atoms with van der Waals surface area (Å²) in [7, 11) is 1.36. The first-order valence-electron chi connectivity index (χ1n) is 10.6. The Morgan fingerprint density at radius 2 is 1.85 bits per heavy atom. The number of thiophene rings is 2. The number of benzene rings is 1. The highest BCUT2D eigenvalue weighted by Gasteiger charge is 2.34. The van der Waals surface area contributed by atoms with Crippen molar-refractivity contribution in [2.45, 2.75) is 32.0 Å². The molecule has 1 aliphatic carbocycles. The first-order valence-corrected chi connectivity index (χ1v) is 12.3. The lowest BCUT2D eigenvalue weighted by Crippen LogP contribution is -2.38. The molecule has 0 amide bonds. The minimum atomic E-state index is -4.56. The van der Waals surface area contributed by atoms with Gasteiger partial charge >= 0.3 is 11.9 Å². The second kappa shape index (κ2) is 8.35. The van der Waals surface area contributed by atoms with Gasteiger partial charge < -0.3 is 0 Å². The van der Waals surface area contributed by atoms with E-state index in [1.165, 1.54) is 41.2 Å².